The molecule has 0 saturated carbocycles. The monoisotopic (exact) mass is 694 g/mol. The van der Waals surface area contributed by atoms with Crippen molar-refractivity contribution in [3.8, 4) is 0 Å². The first-order valence-corrected chi connectivity index (χ1v) is 17.1. The molecule has 0 bridgehead atoms. The Morgan fingerprint density at radius 3 is 2.32 bits per heavy atom. The molecule has 0 aromatic heterocycles. The van der Waals surface area contributed by atoms with Gasteiger partial charge >= 0.3 is 12.3 Å². The molecule has 13 heteroatoms. The van der Waals surface area contributed by atoms with E-state index in [0.717, 1.165) is 56.1 Å². The maximum absolute atomic E-state index is 13.9. The Morgan fingerprint density at radius 1 is 0.957 bits per heavy atom. The quantitative estimate of drug-likeness (QED) is 0.368. The molecule has 1 N–H and O–H groups in total. The molecular formula is C34H39Cl2F3N4O4. The van der Waals surface area contributed by atoms with Crippen molar-refractivity contribution in [2.75, 3.05) is 44.6 Å². The minimum atomic E-state index is -4.76. The third kappa shape index (κ3) is 7.37. The largest absolute Gasteiger partial charge is 0.436 e. The van der Waals surface area contributed by atoms with Gasteiger partial charge in [-0.2, -0.15) is 13.2 Å². The molecule has 4 aliphatic heterocycles. The van der Waals surface area contributed by atoms with Crippen LogP contribution in [0.15, 0.2) is 36.4 Å². The minimum absolute atomic E-state index is 0.0747. The summed E-state index contributed by atoms with van der Waals surface area (Å²) in [7, 11) is 0. The van der Waals surface area contributed by atoms with Gasteiger partial charge in [0.1, 0.15) is 0 Å². The zero-order chi connectivity index (χ0) is 33.3. The number of carbonyl (C=O) groups excluding carboxylic acids is 3. The van der Waals surface area contributed by atoms with Crippen molar-refractivity contribution in [3.63, 3.8) is 0 Å². The summed E-state index contributed by atoms with van der Waals surface area (Å²) in [6.45, 7) is 3.63. The zero-order valence-corrected chi connectivity index (χ0v) is 27.6. The second-order valence-corrected chi connectivity index (χ2v) is 14.0. The third-order valence-corrected chi connectivity index (χ3v) is 11.1. The molecule has 0 radical (unpaired) electrons. The maximum Gasteiger partial charge on any atom is 0.417 e. The van der Waals surface area contributed by atoms with Gasteiger partial charge in [-0.3, -0.25) is 9.59 Å². The van der Waals surface area contributed by atoms with Crippen molar-refractivity contribution in [1.29, 1.82) is 0 Å². The molecule has 2 aromatic rings. The van der Waals surface area contributed by atoms with Crippen LogP contribution in [0.1, 0.15) is 68.1 Å². The number of benzene rings is 2. The van der Waals surface area contributed by atoms with E-state index in [9.17, 15) is 27.6 Å². The molecule has 3 amide bonds. The van der Waals surface area contributed by atoms with Crippen molar-refractivity contribution < 1.29 is 32.3 Å². The van der Waals surface area contributed by atoms with Crippen LogP contribution in [-0.2, 0) is 32.3 Å². The maximum atomic E-state index is 13.9. The summed E-state index contributed by atoms with van der Waals surface area (Å²) in [5, 5.41) is 2.00. The Bertz CT molecular complexity index is 1500. The summed E-state index contributed by atoms with van der Waals surface area (Å²) in [5.41, 5.74) is 0.365. The van der Waals surface area contributed by atoms with Crippen molar-refractivity contribution in [2.45, 2.75) is 81.5 Å². The van der Waals surface area contributed by atoms with E-state index in [1.807, 2.05) is 24.3 Å². The second kappa shape index (κ2) is 13.8. The standard InChI is InChI=1S/C34H39Cl2F3N4O4/c35-26-19-22(18-25(30(26)36)34(37,38)39)20-28(31(45)42-14-8-23(9-15-42)41-12-4-1-5-13-41)47-32(46)43-16-10-33(11-17-43)21-29(44)40-27-7-3-2-6-24(27)33/h2-3,6-7,18-19,23,28H,1,4-5,8-17,20-21H2,(H,40,44)/t28-/m1/s1. The van der Waals surface area contributed by atoms with Gasteiger partial charge in [0.2, 0.25) is 5.91 Å². The van der Waals surface area contributed by atoms with Crippen LogP contribution < -0.4 is 5.32 Å². The fourth-order valence-corrected chi connectivity index (χ4v) is 8.17. The van der Waals surface area contributed by atoms with Crippen LogP contribution in [0.4, 0.5) is 23.7 Å². The van der Waals surface area contributed by atoms with Crippen molar-refractivity contribution in [3.05, 3.63) is 63.1 Å². The second-order valence-electron chi connectivity index (χ2n) is 13.2. The Morgan fingerprint density at radius 2 is 1.64 bits per heavy atom. The first kappa shape index (κ1) is 33.9. The number of fused-ring (bicyclic) bond motifs is 2. The topological polar surface area (TPSA) is 82.2 Å². The van der Waals surface area contributed by atoms with Gasteiger partial charge < -0.3 is 24.8 Å². The van der Waals surface area contributed by atoms with Gasteiger partial charge in [0.25, 0.3) is 5.91 Å². The lowest BCUT2D eigenvalue weighted by Gasteiger charge is -2.44. The van der Waals surface area contributed by atoms with Crippen LogP contribution in [0.2, 0.25) is 10.0 Å². The number of anilines is 1. The molecule has 254 valence electrons. The number of para-hydroxylation sites is 1. The number of rotatable bonds is 5. The Balaban J connectivity index is 1.18. The van der Waals surface area contributed by atoms with Crippen LogP contribution in [0.3, 0.4) is 0 Å². The summed E-state index contributed by atoms with van der Waals surface area (Å²) in [4.78, 5) is 45.7. The summed E-state index contributed by atoms with van der Waals surface area (Å²) in [6.07, 6.45) is -0.656. The van der Waals surface area contributed by atoms with E-state index in [0.29, 0.717) is 51.5 Å². The van der Waals surface area contributed by atoms with Gasteiger partial charge in [-0.15, -0.1) is 0 Å². The van der Waals surface area contributed by atoms with Crippen LogP contribution >= 0.6 is 23.2 Å². The van der Waals surface area contributed by atoms with E-state index < -0.39 is 40.3 Å². The molecule has 0 aliphatic carbocycles. The molecule has 47 heavy (non-hydrogen) atoms. The highest BCUT2D eigenvalue weighted by Gasteiger charge is 2.44. The molecule has 3 fully saturated rings. The summed E-state index contributed by atoms with van der Waals surface area (Å²) >= 11 is 12.0. The molecule has 3 saturated heterocycles. The van der Waals surface area contributed by atoms with Crippen molar-refractivity contribution in [2.24, 2.45) is 0 Å². The van der Waals surface area contributed by atoms with Crippen LogP contribution in [0.25, 0.3) is 0 Å². The average Bonchev–Trinajstić information content (AvgIpc) is 3.06. The first-order valence-electron chi connectivity index (χ1n) is 16.4. The molecule has 8 nitrogen and oxygen atoms in total. The fraction of sp³-hybridized carbons (Fsp3) is 0.559. The van der Waals surface area contributed by atoms with E-state index in [-0.39, 0.29) is 22.9 Å². The number of alkyl halides is 3. The van der Waals surface area contributed by atoms with Gasteiger partial charge in [-0.05, 0) is 80.9 Å². The molecular weight excluding hydrogens is 656 g/mol. The number of carbonyl (C=O) groups is 3. The predicted octanol–water partition coefficient (Wildman–Crippen LogP) is 6.91. The molecule has 2 aromatic carbocycles. The molecule has 0 unspecified atom stereocenters. The number of likely N-dealkylation sites (tertiary alicyclic amines) is 3. The first-order chi connectivity index (χ1) is 22.4. The van der Waals surface area contributed by atoms with E-state index in [1.54, 1.807) is 4.90 Å². The molecule has 4 heterocycles. The Labute approximate surface area is 282 Å². The van der Waals surface area contributed by atoms with Gasteiger partial charge in [-0.25, -0.2) is 4.79 Å². The van der Waals surface area contributed by atoms with Crippen molar-refractivity contribution in [1.82, 2.24) is 14.7 Å². The van der Waals surface area contributed by atoms with Crippen LogP contribution in [0.5, 0.6) is 0 Å². The number of hydrogen-bond donors (Lipinski definition) is 1. The van der Waals surface area contributed by atoms with E-state index in [2.05, 4.69) is 10.2 Å². The third-order valence-electron chi connectivity index (χ3n) is 10.3. The van der Waals surface area contributed by atoms with Crippen LogP contribution in [0, 0.1) is 0 Å². The molecule has 1 atom stereocenters. The fourth-order valence-electron chi connectivity index (χ4n) is 7.71. The highest BCUT2D eigenvalue weighted by molar-refractivity contribution is 6.42. The SMILES string of the molecule is O=C1CC2(CCN(C(=O)O[C@H](Cc3cc(Cl)c(Cl)c(C(F)(F)F)c3)C(=O)N3CCC(N4CCCCC4)CC3)CC2)c2ccccc2N1. The average molecular weight is 696 g/mol. The molecule has 1 spiro atoms. The lowest BCUT2D eigenvalue weighted by molar-refractivity contribution is -0.142. The Kier molecular flexibility index (Phi) is 9.97. The van der Waals surface area contributed by atoms with Crippen LogP contribution in [-0.4, -0.2) is 84.0 Å². The minimum Gasteiger partial charge on any atom is -0.436 e. The Hall–Kier alpha value is -3.02. The highest BCUT2D eigenvalue weighted by Crippen LogP contribution is 2.45. The number of amides is 3. The number of nitrogens with one attached hydrogen (secondary N) is 1. The normalized spacial score (nSPS) is 21.3. The highest BCUT2D eigenvalue weighted by atomic mass is 35.5. The number of ether oxygens (including phenoxy) is 1. The summed E-state index contributed by atoms with van der Waals surface area (Å²) in [6, 6.07) is 10.2. The molecule has 4 aliphatic rings. The number of piperidine rings is 3. The smallest absolute Gasteiger partial charge is 0.417 e. The number of halogens is 5. The lowest BCUT2D eigenvalue weighted by atomic mass is 9.68. The number of nitrogens with zero attached hydrogens (tertiary/aromatic N) is 3. The molecule has 6 rings (SSSR count). The van der Waals surface area contributed by atoms with Gasteiger partial charge in [0.05, 0.1) is 15.6 Å². The lowest BCUT2D eigenvalue weighted by Crippen LogP contribution is -2.52. The predicted molar refractivity (Wildman–Crippen MR) is 173 cm³/mol. The zero-order valence-electron chi connectivity index (χ0n) is 26.1. The van der Waals surface area contributed by atoms with Crippen molar-refractivity contribution >= 4 is 46.8 Å². The number of hydrogen-bond acceptors (Lipinski definition) is 5. The van der Waals surface area contributed by atoms with Gasteiger partial charge in [0.15, 0.2) is 6.10 Å². The van der Waals surface area contributed by atoms with Gasteiger partial charge in [-0.1, -0.05) is 47.8 Å². The van der Waals surface area contributed by atoms with Gasteiger partial charge in [0, 0.05) is 56.2 Å². The van der Waals surface area contributed by atoms with E-state index in [4.69, 9.17) is 27.9 Å². The van der Waals surface area contributed by atoms with E-state index >= 15 is 0 Å². The summed E-state index contributed by atoms with van der Waals surface area (Å²) in [5.74, 6) is -0.518. The van der Waals surface area contributed by atoms with E-state index in [1.165, 1.54) is 17.4 Å². The summed E-state index contributed by atoms with van der Waals surface area (Å²) < 4.78 is 47.2.